The van der Waals surface area contributed by atoms with E-state index in [-0.39, 0.29) is 12.5 Å². The highest BCUT2D eigenvalue weighted by molar-refractivity contribution is 5.17. The second kappa shape index (κ2) is 3.85. The molecule has 1 unspecified atom stereocenters. The largest absolute Gasteiger partial charge is 0.396 e. The fourth-order valence-corrected chi connectivity index (χ4v) is 1.62. The Labute approximate surface area is 77.4 Å². The Kier molecular flexibility index (Phi) is 2.57. The Morgan fingerprint density at radius 3 is 2.62 bits per heavy atom. The first kappa shape index (κ1) is 8.66. The molecule has 1 aliphatic rings. The molecule has 70 valence electrons. The number of hydrogen-bond acceptors (Lipinski definition) is 3. The van der Waals surface area contributed by atoms with Crippen molar-refractivity contribution in [3.63, 3.8) is 0 Å². The van der Waals surface area contributed by atoms with Crippen LogP contribution in [0.15, 0.2) is 24.5 Å². The molecular formula is C10H13NO2. The summed E-state index contributed by atoms with van der Waals surface area (Å²) in [6.07, 6.45) is 3.52. The molecule has 13 heavy (non-hydrogen) atoms. The molecule has 3 nitrogen and oxygen atoms in total. The predicted octanol–water partition coefficient (Wildman–Crippen LogP) is 0.804. The van der Waals surface area contributed by atoms with Gasteiger partial charge in [-0.15, -0.1) is 0 Å². The van der Waals surface area contributed by atoms with Crippen LogP contribution in [0.3, 0.4) is 0 Å². The van der Waals surface area contributed by atoms with Gasteiger partial charge in [-0.1, -0.05) is 0 Å². The van der Waals surface area contributed by atoms with Crippen molar-refractivity contribution in [2.24, 2.45) is 5.92 Å². The molecule has 1 fully saturated rings. The van der Waals surface area contributed by atoms with Gasteiger partial charge in [0.05, 0.1) is 19.8 Å². The lowest BCUT2D eigenvalue weighted by atomic mass is 9.86. The Hall–Kier alpha value is -0.930. The molecule has 1 N–H and O–H groups in total. The van der Waals surface area contributed by atoms with Crippen LogP contribution in [0.2, 0.25) is 0 Å². The molecule has 0 amide bonds. The maximum absolute atomic E-state index is 9.24. The van der Waals surface area contributed by atoms with E-state index < -0.39 is 0 Å². The highest BCUT2D eigenvalue weighted by Crippen LogP contribution is 2.29. The minimum atomic E-state index is 0.192. The van der Waals surface area contributed by atoms with E-state index >= 15 is 0 Å². The first-order valence-corrected chi connectivity index (χ1v) is 4.50. The van der Waals surface area contributed by atoms with Gasteiger partial charge in [-0.05, 0) is 17.7 Å². The third-order valence-electron chi connectivity index (χ3n) is 2.56. The number of hydrogen-bond donors (Lipinski definition) is 1. The van der Waals surface area contributed by atoms with Crippen LogP contribution in [0.25, 0.3) is 0 Å². The number of nitrogens with zero attached hydrogens (tertiary/aromatic N) is 1. The van der Waals surface area contributed by atoms with Gasteiger partial charge in [0, 0.05) is 24.2 Å². The number of pyridine rings is 1. The van der Waals surface area contributed by atoms with Crippen LogP contribution in [0, 0.1) is 5.92 Å². The molecule has 0 bridgehead atoms. The summed E-state index contributed by atoms with van der Waals surface area (Å²) < 4.78 is 5.11. The zero-order chi connectivity index (χ0) is 9.10. The monoisotopic (exact) mass is 179 g/mol. The number of ether oxygens (including phenoxy) is 1. The van der Waals surface area contributed by atoms with E-state index in [0.29, 0.717) is 5.92 Å². The maximum Gasteiger partial charge on any atom is 0.0523 e. The summed E-state index contributed by atoms with van der Waals surface area (Å²) in [5.41, 5.74) is 1.16. The molecule has 1 aromatic heterocycles. The molecule has 2 rings (SSSR count). The number of aromatic nitrogens is 1. The van der Waals surface area contributed by atoms with E-state index in [0.717, 1.165) is 18.8 Å². The van der Waals surface area contributed by atoms with Crippen LogP contribution in [0.1, 0.15) is 11.5 Å². The summed E-state index contributed by atoms with van der Waals surface area (Å²) in [7, 11) is 0. The minimum Gasteiger partial charge on any atom is -0.396 e. The number of rotatable bonds is 3. The Balaban J connectivity index is 2.12. The second-order valence-electron chi connectivity index (χ2n) is 3.37. The van der Waals surface area contributed by atoms with Crippen molar-refractivity contribution in [1.29, 1.82) is 0 Å². The number of aliphatic hydroxyl groups excluding tert-OH is 1. The van der Waals surface area contributed by atoms with Crippen molar-refractivity contribution in [1.82, 2.24) is 4.98 Å². The number of aliphatic hydroxyl groups is 1. The third-order valence-corrected chi connectivity index (χ3v) is 2.56. The van der Waals surface area contributed by atoms with Crippen LogP contribution in [-0.4, -0.2) is 29.9 Å². The normalized spacial score (nSPS) is 19.5. The van der Waals surface area contributed by atoms with Crippen molar-refractivity contribution in [2.45, 2.75) is 5.92 Å². The molecule has 0 aromatic carbocycles. The molecule has 0 saturated carbocycles. The maximum atomic E-state index is 9.24. The van der Waals surface area contributed by atoms with Gasteiger partial charge >= 0.3 is 0 Å². The highest BCUT2D eigenvalue weighted by Gasteiger charge is 2.28. The highest BCUT2D eigenvalue weighted by atomic mass is 16.5. The fraction of sp³-hybridized carbons (Fsp3) is 0.500. The van der Waals surface area contributed by atoms with Crippen molar-refractivity contribution in [3.8, 4) is 0 Å². The Morgan fingerprint density at radius 1 is 1.46 bits per heavy atom. The summed E-state index contributed by atoms with van der Waals surface area (Å²) >= 11 is 0. The quantitative estimate of drug-likeness (QED) is 0.746. The lowest BCUT2D eigenvalue weighted by Crippen LogP contribution is -2.34. The second-order valence-corrected chi connectivity index (χ2v) is 3.37. The molecule has 1 aromatic rings. The molecule has 1 aliphatic heterocycles. The average molecular weight is 179 g/mol. The molecule has 0 aliphatic carbocycles. The topological polar surface area (TPSA) is 42.4 Å². The van der Waals surface area contributed by atoms with Crippen LogP contribution >= 0.6 is 0 Å². The summed E-state index contributed by atoms with van der Waals surface area (Å²) in [6, 6.07) is 3.92. The zero-order valence-corrected chi connectivity index (χ0v) is 7.39. The summed E-state index contributed by atoms with van der Waals surface area (Å²) in [5, 5.41) is 9.24. The zero-order valence-electron chi connectivity index (χ0n) is 7.39. The van der Waals surface area contributed by atoms with Gasteiger partial charge in [0.15, 0.2) is 0 Å². The average Bonchev–Trinajstić information content (AvgIpc) is 2.12. The molecule has 0 radical (unpaired) electrons. The first-order valence-electron chi connectivity index (χ1n) is 4.50. The third kappa shape index (κ3) is 1.71. The SMILES string of the molecule is OCC(c1ccncc1)C1COC1. The van der Waals surface area contributed by atoms with Crippen molar-refractivity contribution in [2.75, 3.05) is 19.8 Å². The van der Waals surface area contributed by atoms with Gasteiger partial charge in [-0.25, -0.2) is 0 Å². The van der Waals surface area contributed by atoms with E-state index in [9.17, 15) is 5.11 Å². The Morgan fingerprint density at radius 2 is 2.15 bits per heavy atom. The van der Waals surface area contributed by atoms with Gasteiger partial charge in [0.1, 0.15) is 0 Å². The standard InChI is InChI=1S/C10H13NO2/c12-5-10(9-6-13-7-9)8-1-3-11-4-2-8/h1-4,9-10,12H,5-7H2. The van der Waals surface area contributed by atoms with Crippen LogP contribution in [-0.2, 0) is 4.74 Å². The van der Waals surface area contributed by atoms with Gasteiger partial charge in [-0.2, -0.15) is 0 Å². The minimum absolute atomic E-state index is 0.192. The predicted molar refractivity (Wildman–Crippen MR) is 48.4 cm³/mol. The van der Waals surface area contributed by atoms with Crippen LogP contribution in [0.5, 0.6) is 0 Å². The van der Waals surface area contributed by atoms with E-state index in [1.165, 1.54) is 0 Å². The smallest absolute Gasteiger partial charge is 0.0523 e. The molecule has 2 heterocycles. The molecule has 3 heteroatoms. The first-order chi connectivity index (χ1) is 6.42. The molecule has 0 spiro atoms. The lowest BCUT2D eigenvalue weighted by Gasteiger charge is -2.32. The van der Waals surface area contributed by atoms with Crippen LogP contribution < -0.4 is 0 Å². The van der Waals surface area contributed by atoms with Crippen LogP contribution in [0.4, 0.5) is 0 Å². The Bertz CT molecular complexity index is 259. The van der Waals surface area contributed by atoms with Crippen molar-refractivity contribution in [3.05, 3.63) is 30.1 Å². The molecular weight excluding hydrogens is 166 g/mol. The van der Waals surface area contributed by atoms with Crippen molar-refractivity contribution >= 4 is 0 Å². The lowest BCUT2D eigenvalue weighted by molar-refractivity contribution is -0.0527. The van der Waals surface area contributed by atoms with E-state index in [2.05, 4.69) is 4.98 Å². The van der Waals surface area contributed by atoms with E-state index in [1.807, 2.05) is 12.1 Å². The van der Waals surface area contributed by atoms with E-state index in [1.54, 1.807) is 12.4 Å². The summed E-state index contributed by atoms with van der Waals surface area (Å²) in [6.45, 7) is 1.74. The van der Waals surface area contributed by atoms with Gasteiger partial charge in [0.25, 0.3) is 0 Å². The fourth-order valence-electron chi connectivity index (χ4n) is 1.62. The molecule has 1 atom stereocenters. The van der Waals surface area contributed by atoms with Crippen molar-refractivity contribution < 1.29 is 9.84 Å². The van der Waals surface area contributed by atoms with E-state index in [4.69, 9.17) is 4.74 Å². The molecule has 1 saturated heterocycles. The summed E-state index contributed by atoms with van der Waals surface area (Å²) in [4.78, 5) is 3.95. The van der Waals surface area contributed by atoms with Gasteiger partial charge in [-0.3, -0.25) is 4.98 Å². The summed E-state index contributed by atoms with van der Waals surface area (Å²) in [5.74, 6) is 0.698. The van der Waals surface area contributed by atoms with Gasteiger partial charge in [0.2, 0.25) is 0 Å². The van der Waals surface area contributed by atoms with Gasteiger partial charge < -0.3 is 9.84 Å².